The monoisotopic (exact) mass is 185 g/mol. The Morgan fingerprint density at radius 3 is 2.09 bits per heavy atom. The van der Waals surface area contributed by atoms with Gasteiger partial charge in [-0.25, -0.2) is 0 Å². The summed E-state index contributed by atoms with van der Waals surface area (Å²) < 4.78 is 5.59. The van der Waals surface area contributed by atoms with Gasteiger partial charge < -0.3 is 9.22 Å². The Labute approximate surface area is 111 Å². The maximum absolute atomic E-state index is 10.3. The van der Waals surface area contributed by atoms with E-state index in [-0.39, 0.29) is 57.4 Å². The van der Waals surface area contributed by atoms with Gasteiger partial charge in [-0.15, -0.1) is 0 Å². The fourth-order valence-corrected chi connectivity index (χ4v) is 0.463. The molecule has 60 valence electrons. The molecule has 0 aromatic rings. The predicted molar refractivity (Wildman–Crippen MR) is 39.5 cm³/mol. The van der Waals surface area contributed by atoms with Crippen LogP contribution < -0.4 is 51.4 Å². The van der Waals surface area contributed by atoms with E-state index in [1.807, 2.05) is 0 Å². The van der Waals surface area contributed by atoms with Crippen LogP contribution >= 0.6 is 0 Å². The van der Waals surface area contributed by atoms with Crippen LogP contribution in [0.3, 0.4) is 0 Å². The number of esters is 1. The van der Waals surface area contributed by atoms with Crippen molar-refractivity contribution in [3.63, 3.8) is 0 Å². The molecule has 0 saturated heterocycles. The molecule has 0 spiro atoms. The van der Waals surface area contributed by atoms with Crippen molar-refractivity contribution < 1.29 is 65.4 Å². The minimum Gasteiger partial charge on any atom is -0.460 e. The number of rotatable bonds is 3. The average molecular weight is 185 g/mol. The predicted octanol–water partition coefficient (Wildman–Crippen LogP) is -2.74. The SMILES string of the molecule is CC(=O)OCC[N+](C)(C)C.[K+]. The molecule has 0 aromatic heterocycles. The molecule has 0 bridgehead atoms. The molecule has 0 heterocycles. The van der Waals surface area contributed by atoms with Crippen molar-refractivity contribution in [2.45, 2.75) is 6.92 Å². The Morgan fingerprint density at radius 2 is 1.82 bits per heavy atom. The first-order chi connectivity index (χ1) is 4.42. The van der Waals surface area contributed by atoms with E-state index in [0.29, 0.717) is 6.61 Å². The van der Waals surface area contributed by atoms with Gasteiger partial charge in [0, 0.05) is 6.92 Å². The van der Waals surface area contributed by atoms with Gasteiger partial charge in [-0.3, -0.25) is 4.79 Å². The van der Waals surface area contributed by atoms with Gasteiger partial charge in [-0.1, -0.05) is 0 Å². The summed E-state index contributed by atoms with van der Waals surface area (Å²) in [5, 5.41) is 0. The standard InChI is InChI=1S/C7H16NO2.K/c1-7(9)10-6-5-8(2,3)4;/h5-6H2,1-4H3;/q2*+1. The first-order valence-electron chi connectivity index (χ1n) is 3.35. The van der Waals surface area contributed by atoms with Crippen LogP contribution in [0.1, 0.15) is 6.92 Å². The number of likely N-dealkylation sites (N-methyl/N-ethyl adjacent to an activating group) is 1. The van der Waals surface area contributed by atoms with Gasteiger partial charge in [-0.05, 0) is 0 Å². The third-order valence-corrected chi connectivity index (χ3v) is 1.07. The van der Waals surface area contributed by atoms with E-state index < -0.39 is 0 Å². The van der Waals surface area contributed by atoms with E-state index in [2.05, 4.69) is 21.1 Å². The topological polar surface area (TPSA) is 26.3 Å². The maximum atomic E-state index is 10.3. The molecule has 0 rings (SSSR count). The van der Waals surface area contributed by atoms with Crippen LogP contribution in [0, 0.1) is 0 Å². The number of nitrogens with zero attached hydrogens (tertiary/aromatic N) is 1. The molecular weight excluding hydrogens is 169 g/mol. The molecule has 0 atom stereocenters. The van der Waals surface area contributed by atoms with Gasteiger partial charge >= 0.3 is 57.4 Å². The third kappa shape index (κ3) is 14.0. The van der Waals surface area contributed by atoms with Gasteiger partial charge in [0.25, 0.3) is 0 Å². The Bertz CT molecular complexity index is 120. The van der Waals surface area contributed by atoms with Crippen LogP contribution in [0.4, 0.5) is 0 Å². The second kappa shape index (κ2) is 6.57. The number of ether oxygens (including phenoxy) is 1. The van der Waals surface area contributed by atoms with Crippen LogP contribution in [-0.4, -0.2) is 44.7 Å². The van der Waals surface area contributed by atoms with Crippen LogP contribution in [0.5, 0.6) is 0 Å². The summed E-state index contributed by atoms with van der Waals surface area (Å²) in [4.78, 5) is 10.3. The van der Waals surface area contributed by atoms with Gasteiger partial charge in [0.15, 0.2) is 0 Å². The van der Waals surface area contributed by atoms with Crippen LogP contribution in [0.2, 0.25) is 0 Å². The molecule has 0 aliphatic carbocycles. The van der Waals surface area contributed by atoms with Gasteiger partial charge in [0.1, 0.15) is 13.2 Å². The van der Waals surface area contributed by atoms with Crippen molar-refractivity contribution in [1.29, 1.82) is 0 Å². The van der Waals surface area contributed by atoms with Crippen molar-refractivity contribution in [1.82, 2.24) is 0 Å². The zero-order valence-corrected chi connectivity index (χ0v) is 11.3. The summed E-state index contributed by atoms with van der Waals surface area (Å²) in [7, 11) is 6.18. The molecule has 11 heavy (non-hydrogen) atoms. The molecule has 0 saturated carbocycles. The van der Waals surface area contributed by atoms with E-state index in [4.69, 9.17) is 4.74 Å². The molecule has 0 fully saturated rings. The van der Waals surface area contributed by atoms with Crippen molar-refractivity contribution in [3.05, 3.63) is 0 Å². The van der Waals surface area contributed by atoms with Gasteiger partial charge in [0.2, 0.25) is 0 Å². The van der Waals surface area contributed by atoms with Crippen molar-refractivity contribution >= 4 is 5.97 Å². The normalized spacial score (nSPS) is 10.2. The van der Waals surface area contributed by atoms with Crippen molar-refractivity contribution in [2.75, 3.05) is 34.3 Å². The zero-order valence-electron chi connectivity index (χ0n) is 8.18. The summed E-state index contributed by atoms with van der Waals surface area (Å²) in [6, 6.07) is 0. The number of carbonyl (C=O) groups is 1. The number of hydrogen-bond donors (Lipinski definition) is 0. The van der Waals surface area contributed by atoms with E-state index >= 15 is 0 Å². The third-order valence-electron chi connectivity index (χ3n) is 1.07. The fraction of sp³-hybridized carbons (Fsp3) is 0.857. The molecule has 4 heteroatoms. The van der Waals surface area contributed by atoms with Crippen molar-refractivity contribution in [3.8, 4) is 0 Å². The van der Waals surface area contributed by atoms with Crippen LogP contribution in [0.15, 0.2) is 0 Å². The van der Waals surface area contributed by atoms with Gasteiger partial charge in [0.05, 0.1) is 21.1 Å². The average Bonchev–Trinajstić information content (AvgIpc) is 1.59. The van der Waals surface area contributed by atoms with E-state index in [0.717, 1.165) is 11.0 Å². The Kier molecular flexibility index (Phi) is 8.71. The first kappa shape index (κ1) is 14.6. The summed E-state index contributed by atoms with van der Waals surface area (Å²) in [6.07, 6.45) is 0. The Morgan fingerprint density at radius 1 is 1.36 bits per heavy atom. The summed E-state index contributed by atoms with van der Waals surface area (Å²) in [6.45, 7) is 2.80. The molecular formula is C7H16KNO2+2. The molecule has 0 aromatic carbocycles. The maximum Gasteiger partial charge on any atom is 1.00 e. The first-order valence-corrected chi connectivity index (χ1v) is 3.35. The van der Waals surface area contributed by atoms with E-state index in [1.165, 1.54) is 6.92 Å². The molecule has 3 nitrogen and oxygen atoms in total. The van der Waals surface area contributed by atoms with E-state index in [1.54, 1.807) is 0 Å². The summed E-state index contributed by atoms with van der Waals surface area (Å²) >= 11 is 0. The minimum absolute atomic E-state index is 0. The number of quaternary nitrogens is 1. The number of hydrogen-bond acceptors (Lipinski definition) is 2. The Balaban J connectivity index is 0. The Hall–Kier alpha value is 1.07. The minimum atomic E-state index is -0.201. The summed E-state index contributed by atoms with van der Waals surface area (Å²) in [5.41, 5.74) is 0. The molecule has 0 aliphatic heterocycles. The van der Waals surface area contributed by atoms with Crippen LogP contribution in [0.25, 0.3) is 0 Å². The molecule has 0 radical (unpaired) electrons. The number of carbonyl (C=O) groups excluding carboxylic acids is 1. The smallest absolute Gasteiger partial charge is 0.460 e. The van der Waals surface area contributed by atoms with Crippen LogP contribution in [-0.2, 0) is 9.53 Å². The second-order valence-electron chi connectivity index (χ2n) is 3.35. The zero-order chi connectivity index (χ0) is 8.20. The molecule has 0 amide bonds. The second-order valence-corrected chi connectivity index (χ2v) is 3.35. The molecule has 0 aliphatic rings. The largest absolute Gasteiger partial charge is 1.00 e. The quantitative estimate of drug-likeness (QED) is 0.271. The molecule has 0 unspecified atom stereocenters. The van der Waals surface area contributed by atoms with E-state index in [9.17, 15) is 4.79 Å². The van der Waals surface area contributed by atoms with Crippen molar-refractivity contribution in [2.24, 2.45) is 0 Å². The van der Waals surface area contributed by atoms with Gasteiger partial charge in [-0.2, -0.15) is 0 Å². The summed E-state index contributed by atoms with van der Waals surface area (Å²) in [5.74, 6) is -0.201. The fourth-order valence-electron chi connectivity index (χ4n) is 0.463. The molecule has 0 N–H and O–H groups in total.